The van der Waals surface area contributed by atoms with Gasteiger partial charge in [-0.2, -0.15) is 0 Å². The Morgan fingerprint density at radius 2 is 1.70 bits per heavy atom. The van der Waals surface area contributed by atoms with Gasteiger partial charge in [-0.3, -0.25) is 23.9 Å². The van der Waals surface area contributed by atoms with Crippen LogP contribution in [0.1, 0.15) is 31.2 Å². The Kier molecular flexibility index (Phi) is 8.45. The predicted molar refractivity (Wildman–Crippen MR) is 122 cm³/mol. The molecule has 1 aromatic heterocycles. The fourth-order valence-electron chi connectivity index (χ4n) is 3.75. The van der Waals surface area contributed by atoms with Gasteiger partial charge in [0.05, 0.1) is 0 Å². The number of hydrogen-bond donors (Lipinski definition) is 3. The summed E-state index contributed by atoms with van der Waals surface area (Å²) in [6.45, 7) is 3.31. The molecular formula is C23H25N3O11. The van der Waals surface area contributed by atoms with E-state index in [2.05, 4.69) is 10.3 Å². The lowest BCUT2D eigenvalue weighted by molar-refractivity contribution is -0.166. The monoisotopic (exact) mass is 519 g/mol. The second kappa shape index (κ2) is 11.5. The van der Waals surface area contributed by atoms with Crippen molar-refractivity contribution in [3.8, 4) is 0 Å². The van der Waals surface area contributed by atoms with E-state index < -0.39 is 65.8 Å². The van der Waals surface area contributed by atoms with E-state index in [1.54, 1.807) is 30.3 Å². The number of aliphatic carboxylic acids is 1. The fourth-order valence-corrected chi connectivity index (χ4v) is 3.75. The number of hydrogen-bond acceptors (Lipinski definition) is 10. The van der Waals surface area contributed by atoms with E-state index in [0.29, 0.717) is 5.56 Å². The third kappa shape index (κ3) is 6.61. The first kappa shape index (κ1) is 27.1. The molecule has 0 spiro atoms. The van der Waals surface area contributed by atoms with Crippen molar-refractivity contribution >= 4 is 24.0 Å². The maximum Gasteiger partial charge on any atom is 0.408 e. The van der Waals surface area contributed by atoms with Crippen molar-refractivity contribution in [3.05, 3.63) is 68.5 Å². The Hall–Kier alpha value is -4.46. The first-order valence-corrected chi connectivity index (χ1v) is 11.0. The summed E-state index contributed by atoms with van der Waals surface area (Å²) < 4.78 is 22.2. The number of aromatic amines is 1. The van der Waals surface area contributed by atoms with Crippen LogP contribution in [-0.4, -0.2) is 63.0 Å². The highest BCUT2D eigenvalue weighted by Crippen LogP contribution is 2.35. The average molecular weight is 519 g/mol. The number of nitrogens with one attached hydrogen (secondary N) is 2. The maximum absolute atomic E-state index is 12.5. The first-order valence-electron chi connectivity index (χ1n) is 11.0. The van der Waals surface area contributed by atoms with Gasteiger partial charge in [0.1, 0.15) is 12.7 Å². The molecule has 14 heteroatoms. The van der Waals surface area contributed by atoms with E-state index in [1.165, 1.54) is 6.92 Å². The molecule has 0 saturated carbocycles. The van der Waals surface area contributed by atoms with Gasteiger partial charge in [0.15, 0.2) is 24.5 Å². The van der Waals surface area contributed by atoms with Crippen molar-refractivity contribution in [2.24, 2.45) is 0 Å². The molecule has 1 saturated heterocycles. The number of carboxylic acids is 1. The molecule has 0 bridgehead atoms. The van der Waals surface area contributed by atoms with Gasteiger partial charge < -0.3 is 29.4 Å². The topological polar surface area (TPSA) is 192 Å². The molecule has 2 aromatic rings. The molecule has 1 fully saturated rings. The van der Waals surface area contributed by atoms with Gasteiger partial charge in [-0.1, -0.05) is 30.3 Å². The Balaban J connectivity index is 1.95. The van der Waals surface area contributed by atoms with Gasteiger partial charge in [-0.15, -0.1) is 0 Å². The average Bonchev–Trinajstić information content (AvgIpc) is 3.15. The van der Waals surface area contributed by atoms with Crippen LogP contribution in [-0.2, 0) is 39.9 Å². The Bertz CT molecular complexity index is 1290. The number of carboxylic acid groups (broad SMARTS) is 1. The van der Waals surface area contributed by atoms with Crippen molar-refractivity contribution < 1.29 is 43.2 Å². The van der Waals surface area contributed by atoms with Crippen LogP contribution < -0.4 is 16.6 Å². The summed E-state index contributed by atoms with van der Waals surface area (Å²) in [6, 6.07) is 6.73. The standard InChI is InChI=1S/C23H25N3O11/c1-11-9-26(22(32)25-19(11)29)20-18(36-13(3)28)17(35-12(2)27)16(37-20)15(21(30)31)24-23(33)34-10-14-7-5-4-6-8-14/h4-9,15-18,20H,10H2,1-3H3,(H,24,33)(H,30,31)(H,25,29,32)/t15-,16+,17+,18+,20+/m0/s1. The van der Waals surface area contributed by atoms with E-state index in [4.69, 9.17) is 18.9 Å². The molecule has 14 nitrogen and oxygen atoms in total. The van der Waals surface area contributed by atoms with Crippen molar-refractivity contribution in [2.45, 2.75) is 58.0 Å². The van der Waals surface area contributed by atoms with Crippen LogP contribution in [0.5, 0.6) is 0 Å². The van der Waals surface area contributed by atoms with Crippen molar-refractivity contribution in [1.82, 2.24) is 14.9 Å². The number of rotatable bonds is 8. The smallest absolute Gasteiger partial charge is 0.408 e. The zero-order valence-electron chi connectivity index (χ0n) is 20.0. The number of alkyl carbamates (subject to hydrolysis) is 1. The molecule has 3 rings (SSSR count). The number of esters is 2. The minimum atomic E-state index is -1.87. The molecule has 5 atom stereocenters. The second-order valence-electron chi connectivity index (χ2n) is 8.14. The van der Waals surface area contributed by atoms with Crippen molar-refractivity contribution in [1.29, 1.82) is 0 Å². The number of carbonyl (C=O) groups is 4. The third-order valence-electron chi connectivity index (χ3n) is 5.33. The lowest BCUT2D eigenvalue weighted by Gasteiger charge is -2.26. The second-order valence-corrected chi connectivity index (χ2v) is 8.14. The molecule has 3 N–H and O–H groups in total. The molecule has 1 aliphatic rings. The van der Waals surface area contributed by atoms with E-state index >= 15 is 0 Å². The van der Waals surface area contributed by atoms with Crippen LogP contribution in [0.2, 0.25) is 0 Å². The van der Waals surface area contributed by atoms with Gasteiger partial charge in [0.25, 0.3) is 5.56 Å². The van der Waals surface area contributed by atoms with Crippen LogP contribution >= 0.6 is 0 Å². The Morgan fingerprint density at radius 3 is 2.30 bits per heavy atom. The molecular weight excluding hydrogens is 494 g/mol. The van der Waals surface area contributed by atoms with E-state index in [1.807, 2.05) is 0 Å². The molecule has 0 aliphatic carbocycles. The molecule has 1 aliphatic heterocycles. The Labute approximate surface area is 209 Å². The van der Waals surface area contributed by atoms with Crippen LogP contribution in [0.15, 0.2) is 46.1 Å². The summed E-state index contributed by atoms with van der Waals surface area (Å²) in [7, 11) is 0. The van der Waals surface area contributed by atoms with Gasteiger partial charge in [-0.05, 0) is 12.5 Å². The SMILES string of the molecule is CC(=O)O[C@H]1[C@@H](OC(C)=O)[C@H](n2cc(C)c(=O)[nH]c2=O)O[C@@H]1[C@H](NC(=O)OCc1ccccc1)C(=O)O. The van der Waals surface area contributed by atoms with Gasteiger partial charge in [0.2, 0.25) is 0 Å². The lowest BCUT2D eigenvalue weighted by Crippen LogP contribution is -2.54. The highest BCUT2D eigenvalue weighted by atomic mass is 16.6. The van der Waals surface area contributed by atoms with Gasteiger partial charge >= 0.3 is 29.7 Å². The molecule has 198 valence electrons. The number of carbonyl (C=O) groups excluding carboxylic acids is 3. The van der Waals surface area contributed by atoms with E-state index in [-0.39, 0.29) is 12.2 Å². The predicted octanol–water partition coefficient (Wildman–Crippen LogP) is -0.0146. The third-order valence-corrected chi connectivity index (χ3v) is 5.33. The summed E-state index contributed by atoms with van der Waals surface area (Å²) in [5, 5.41) is 12.0. The molecule has 0 unspecified atom stereocenters. The van der Waals surface area contributed by atoms with Crippen LogP contribution in [0.25, 0.3) is 0 Å². The van der Waals surface area contributed by atoms with Crippen LogP contribution in [0.3, 0.4) is 0 Å². The number of aryl methyl sites for hydroxylation is 1. The highest BCUT2D eigenvalue weighted by molar-refractivity contribution is 5.81. The van der Waals surface area contributed by atoms with Crippen LogP contribution in [0, 0.1) is 6.92 Å². The number of ether oxygens (including phenoxy) is 4. The largest absolute Gasteiger partial charge is 0.480 e. The van der Waals surface area contributed by atoms with Gasteiger partial charge in [-0.25, -0.2) is 14.4 Å². The summed E-state index contributed by atoms with van der Waals surface area (Å²) in [5.74, 6) is -3.32. The normalized spacial score (nSPS) is 21.5. The number of aromatic nitrogens is 2. The van der Waals surface area contributed by atoms with Crippen LogP contribution in [0.4, 0.5) is 4.79 Å². The maximum atomic E-state index is 12.5. The minimum Gasteiger partial charge on any atom is -0.480 e. The zero-order chi connectivity index (χ0) is 27.3. The van der Waals surface area contributed by atoms with Crippen molar-refractivity contribution in [3.63, 3.8) is 0 Å². The Morgan fingerprint density at radius 1 is 1.08 bits per heavy atom. The lowest BCUT2D eigenvalue weighted by atomic mass is 10.0. The highest BCUT2D eigenvalue weighted by Gasteiger charge is 2.55. The summed E-state index contributed by atoms with van der Waals surface area (Å²) >= 11 is 0. The first-order chi connectivity index (χ1) is 17.5. The number of benzene rings is 1. The number of H-pyrrole nitrogens is 1. The zero-order valence-corrected chi connectivity index (χ0v) is 20.0. The van der Waals surface area contributed by atoms with Crippen molar-refractivity contribution in [2.75, 3.05) is 0 Å². The van der Waals surface area contributed by atoms with Gasteiger partial charge in [0, 0.05) is 25.6 Å². The molecule has 1 aromatic carbocycles. The summed E-state index contributed by atoms with van der Waals surface area (Å²) in [4.78, 5) is 74.7. The summed E-state index contributed by atoms with van der Waals surface area (Å²) in [5.41, 5.74) is -0.901. The summed E-state index contributed by atoms with van der Waals surface area (Å²) in [6.07, 6.45) is -6.25. The number of nitrogens with zero attached hydrogens (tertiary/aromatic N) is 1. The number of amides is 1. The minimum absolute atomic E-state index is 0.0923. The quantitative estimate of drug-likeness (QED) is 0.314. The molecule has 37 heavy (non-hydrogen) atoms. The fraction of sp³-hybridized carbons (Fsp3) is 0.391. The molecule has 1 amide bonds. The molecule has 2 heterocycles. The molecule has 0 radical (unpaired) electrons. The van der Waals surface area contributed by atoms with E-state index in [0.717, 1.165) is 24.6 Å². The van der Waals surface area contributed by atoms with E-state index in [9.17, 15) is 33.9 Å².